The Bertz CT molecular complexity index is 917. The van der Waals surface area contributed by atoms with Crippen molar-refractivity contribution in [2.24, 2.45) is 0 Å². The number of alkyl carbamates (subject to hydrolysis) is 1. The summed E-state index contributed by atoms with van der Waals surface area (Å²) in [6.45, 7) is 7.23. The monoisotopic (exact) mass is 461 g/mol. The molecule has 0 fully saturated rings. The fraction of sp³-hybridized carbons (Fsp3) is 0.478. The van der Waals surface area contributed by atoms with E-state index in [1.165, 1.54) is 14.0 Å². The molecule has 10 nitrogen and oxygen atoms in total. The maximum Gasteiger partial charge on any atom is 0.408 e. The van der Waals surface area contributed by atoms with Crippen LogP contribution in [0.5, 0.6) is 0 Å². The summed E-state index contributed by atoms with van der Waals surface area (Å²) in [5.41, 5.74) is 1.54. The minimum Gasteiger partial charge on any atom is -0.467 e. The topological polar surface area (TPSA) is 132 Å². The molecule has 1 heterocycles. The quantitative estimate of drug-likeness (QED) is 0.532. The zero-order valence-corrected chi connectivity index (χ0v) is 19.6. The van der Waals surface area contributed by atoms with Crippen LogP contribution in [0.2, 0.25) is 0 Å². The number of urea groups is 1. The number of esters is 1. The highest BCUT2D eigenvalue weighted by molar-refractivity contribution is 5.96. The summed E-state index contributed by atoms with van der Waals surface area (Å²) in [5, 5.41) is 7.88. The Labute approximate surface area is 193 Å². The molecule has 2 rings (SSSR count). The lowest BCUT2D eigenvalue weighted by atomic mass is 10.1. The highest BCUT2D eigenvalue weighted by atomic mass is 16.6. The van der Waals surface area contributed by atoms with Gasteiger partial charge in [-0.05, 0) is 45.4 Å². The second-order valence-corrected chi connectivity index (χ2v) is 8.52. The van der Waals surface area contributed by atoms with Crippen molar-refractivity contribution in [3.63, 3.8) is 0 Å². The predicted octanol–water partition coefficient (Wildman–Crippen LogP) is 2.68. The Morgan fingerprint density at radius 1 is 1.09 bits per heavy atom. The molecule has 0 bridgehead atoms. The zero-order valence-electron chi connectivity index (χ0n) is 19.6. The van der Waals surface area contributed by atoms with Crippen molar-refractivity contribution < 1.29 is 33.4 Å². The molecule has 0 aromatic heterocycles. The molecule has 0 unspecified atom stereocenters. The number of methoxy groups -OCH3 is 1. The number of rotatable bonds is 7. The van der Waals surface area contributed by atoms with E-state index in [1.807, 2.05) is 0 Å². The van der Waals surface area contributed by atoms with Gasteiger partial charge in [0.25, 0.3) is 0 Å². The molecule has 1 aromatic carbocycles. The number of ether oxygens (including phenoxy) is 3. The smallest absolute Gasteiger partial charge is 0.408 e. The first-order valence-electron chi connectivity index (χ1n) is 10.5. The number of Topliss-reactive ketones (excluding diaryl/α,β-unsaturated/α-hetero) is 1. The summed E-state index contributed by atoms with van der Waals surface area (Å²) in [6, 6.07) is 5.32. The van der Waals surface area contributed by atoms with E-state index in [9.17, 15) is 19.2 Å². The first-order chi connectivity index (χ1) is 15.5. The second-order valence-electron chi connectivity index (χ2n) is 8.52. The first-order valence-corrected chi connectivity index (χ1v) is 10.5. The molecule has 0 saturated heterocycles. The standard InChI is InChI=1S/C23H31N3O7/c1-14(27)17-10-11-32-13-19(17)25-21(29)24-16-8-6-15(7-9-16)12-18(20(28)31-5)26-22(30)33-23(2,3)4/h6-9,18H,10-13H2,1-5H3,(H,26,30)(H2,24,25,29)/t18-/m0/s1. The van der Waals surface area contributed by atoms with Gasteiger partial charge in [-0.3, -0.25) is 4.79 Å². The normalized spacial score (nSPS) is 14.7. The minimum absolute atomic E-state index is 0.0990. The molecule has 3 amide bonds. The van der Waals surface area contributed by atoms with Crippen LogP contribution in [0.25, 0.3) is 0 Å². The first kappa shape index (κ1) is 25.9. The van der Waals surface area contributed by atoms with Crippen molar-refractivity contribution >= 4 is 29.6 Å². The van der Waals surface area contributed by atoms with Gasteiger partial charge in [0.15, 0.2) is 5.78 Å². The number of carbonyl (C=O) groups is 4. The third kappa shape index (κ3) is 8.57. The van der Waals surface area contributed by atoms with E-state index < -0.39 is 29.7 Å². The van der Waals surface area contributed by atoms with Crippen LogP contribution in [-0.2, 0) is 30.2 Å². The van der Waals surface area contributed by atoms with Crippen LogP contribution in [0.3, 0.4) is 0 Å². The van der Waals surface area contributed by atoms with Crippen LogP contribution in [0.1, 0.15) is 39.7 Å². The molecule has 0 radical (unpaired) electrons. The van der Waals surface area contributed by atoms with Gasteiger partial charge in [0.1, 0.15) is 11.6 Å². The third-order valence-electron chi connectivity index (χ3n) is 4.62. The van der Waals surface area contributed by atoms with Crippen LogP contribution < -0.4 is 16.0 Å². The Kier molecular flexibility index (Phi) is 8.98. The van der Waals surface area contributed by atoms with Gasteiger partial charge in [-0.25, -0.2) is 14.4 Å². The van der Waals surface area contributed by atoms with Gasteiger partial charge < -0.3 is 30.2 Å². The second kappa shape index (κ2) is 11.5. The molecule has 1 atom stereocenters. The molecule has 0 aliphatic carbocycles. The molecule has 1 aromatic rings. The number of anilines is 1. The molecule has 33 heavy (non-hydrogen) atoms. The molecule has 10 heteroatoms. The lowest BCUT2D eigenvalue weighted by Crippen LogP contribution is -2.45. The molecule has 180 valence electrons. The Hall–Kier alpha value is -3.40. The third-order valence-corrected chi connectivity index (χ3v) is 4.62. The van der Waals surface area contributed by atoms with E-state index in [1.54, 1.807) is 45.0 Å². The molecular formula is C23H31N3O7. The van der Waals surface area contributed by atoms with Gasteiger partial charge in [0, 0.05) is 24.1 Å². The van der Waals surface area contributed by atoms with Gasteiger partial charge in [-0.15, -0.1) is 0 Å². The summed E-state index contributed by atoms with van der Waals surface area (Å²) in [4.78, 5) is 48.2. The summed E-state index contributed by atoms with van der Waals surface area (Å²) in [5.74, 6) is -0.704. The molecular weight excluding hydrogens is 430 g/mol. The van der Waals surface area contributed by atoms with Crippen LogP contribution >= 0.6 is 0 Å². The fourth-order valence-electron chi connectivity index (χ4n) is 3.13. The van der Waals surface area contributed by atoms with Crippen molar-refractivity contribution in [3.8, 4) is 0 Å². The van der Waals surface area contributed by atoms with Gasteiger partial charge >= 0.3 is 18.1 Å². The van der Waals surface area contributed by atoms with Crippen molar-refractivity contribution in [1.29, 1.82) is 0 Å². The SMILES string of the molecule is COC(=O)[C@H](Cc1ccc(NC(=O)NC2=C(C(C)=O)CCOC2)cc1)NC(=O)OC(C)(C)C. The highest BCUT2D eigenvalue weighted by Crippen LogP contribution is 2.16. The number of carbonyl (C=O) groups excluding carboxylic acids is 4. The van der Waals surface area contributed by atoms with Gasteiger partial charge in [-0.1, -0.05) is 12.1 Å². The lowest BCUT2D eigenvalue weighted by molar-refractivity contribution is -0.143. The maximum absolute atomic E-state index is 12.3. The van der Waals surface area contributed by atoms with Crippen LogP contribution in [0, 0.1) is 0 Å². The average Bonchev–Trinajstić information content (AvgIpc) is 2.72. The Morgan fingerprint density at radius 3 is 2.33 bits per heavy atom. The number of amides is 3. The number of hydrogen-bond acceptors (Lipinski definition) is 7. The van der Waals surface area contributed by atoms with E-state index >= 15 is 0 Å². The maximum atomic E-state index is 12.3. The summed E-state index contributed by atoms with van der Waals surface area (Å²) < 4.78 is 15.3. The van der Waals surface area contributed by atoms with Crippen LogP contribution in [-0.4, -0.2) is 55.8 Å². The van der Waals surface area contributed by atoms with Crippen molar-refractivity contribution in [1.82, 2.24) is 10.6 Å². The van der Waals surface area contributed by atoms with Crippen molar-refractivity contribution in [2.75, 3.05) is 25.6 Å². The largest absolute Gasteiger partial charge is 0.467 e. The van der Waals surface area contributed by atoms with Gasteiger partial charge in [0.2, 0.25) is 0 Å². The summed E-state index contributed by atoms with van der Waals surface area (Å²) in [7, 11) is 1.24. The van der Waals surface area contributed by atoms with E-state index in [0.29, 0.717) is 30.0 Å². The Morgan fingerprint density at radius 2 is 1.76 bits per heavy atom. The Balaban J connectivity index is 1.99. The molecule has 1 aliphatic heterocycles. The molecule has 0 saturated carbocycles. The van der Waals surface area contributed by atoms with E-state index in [4.69, 9.17) is 14.2 Å². The van der Waals surface area contributed by atoms with Crippen molar-refractivity contribution in [2.45, 2.75) is 52.2 Å². The van der Waals surface area contributed by atoms with E-state index in [2.05, 4.69) is 16.0 Å². The molecule has 3 N–H and O–H groups in total. The average molecular weight is 462 g/mol. The zero-order chi connectivity index (χ0) is 24.6. The number of nitrogens with one attached hydrogen (secondary N) is 3. The van der Waals surface area contributed by atoms with Gasteiger partial charge in [0.05, 0.1) is 26.0 Å². The van der Waals surface area contributed by atoms with Crippen LogP contribution in [0.15, 0.2) is 35.5 Å². The number of benzene rings is 1. The fourth-order valence-corrected chi connectivity index (χ4v) is 3.13. The van der Waals surface area contributed by atoms with E-state index in [0.717, 1.165) is 5.56 Å². The minimum atomic E-state index is -0.935. The molecule has 1 aliphatic rings. The lowest BCUT2D eigenvalue weighted by Gasteiger charge is -2.22. The highest BCUT2D eigenvalue weighted by Gasteiger charge is 2.25. The van der Waals surface area contributed by atoms with E-state index in [-0.39, 0.29) is 18.8 Å². The number of hydrogen-bond donors (Lipinski definition) is 3. The van der Waals surface area contributed by atoms with Crippen LogP contribution in [0.4, 0.5) is 15.3 Å². The number of ketones is 1. The summed E-state index contributed by atoms with van der Waals surface area (Å²) in [6.07, 6.45) is -0.0954. The van der Waals surface area contributed by atoms with Crippen molar-refractivity contribution in [3.05, 3.63) is 41.1 Å². The van der Waals surface area contributed by atoms with Gasteiger partial charge in [-0.2, -0.15) is 0 Å². The molecule has 0 spiro atoms. The summed E-state index contributed by atoms with van der Waals surface area (Å²) >= 11 is 0. The predicted molar refractivity (Wildman–Crippen MR) is 121 cm³/mol.